The molecule has 0 aliphatic rings. The largest absolute Gasteiger partial charge is 0.388 e. The molecule has 2 unspecified atom stereocenters. The summed E-state index contributed by atoms with van der Waals surface area (Å²) in [7, 11) is 0. The molecule has 0 aromatic heterocycles. The van der Waals surface area contributed by atoms with Crippen LogP contribution in [-0.4, -0.2) is 5.11 Å². The van der Waals surface area contributed by atoms with Gasteiger partial charge in [-0.15, -0.1) is 0 Å². The van der Waals surface area contributed by atoms with E-state index in [0.29, 0.717) is 11.4 Å². The number of benzene rings is 3. The van der Waals surface area contributed by atoms with Crippen molar-refractivity contribution in [2.45, 2.75) is 25.5 Å². The third-order valence-corrected chi connectivity index (χ3v) is 5.13. The van der Waals surface area contributed by atoms with Gasteiger partial charge in [-0.25, -0.2) is 0 Å². The summed E-state index contributed by atoms with van der Waals surface area (Å²) in [6.45, 7) is 2.07. The Morgan fingerprint density at radius 3 is 2.27 bits per heavy atom. The van der Waals surface area contributed by atoms with Crippen molar-refractivity contribution in [3.8, 4) is 0 Å². The number of anilines is 1. The van der Waals surface area contributed by atoms with Gasteiger partial charge in [-0.05, 0) is 60.0 Å². The van der Waals surface area contributed by atoms with Crippen LogP contribution in [0, 0.1) is 6.92 Å². The second-order valence-electron chi connectivity index (χ2n) is 6.42. The lowest BCUT2D eigenvalue weighted by atomic mass is 9.96. The van der Waals surface area contributed by atoms with Gasteiger partial charge in [0.15, 0.2) is 0 Å². The zero-order chi connectivity index (χ0) is 18.5. The average molecular weight is 431 g/mol. The average Bonchev–Trinajstić information content (AvgIpc) is 2.62. The first-order valence-electron chi connectivity index (χ1n) is 8.53. The molecule has 0 aliphatic heterocycles. The molecule has 0 spiro atoms. The second kappa shape index (κ2) is 8.72. The van der Waals surface area contributed by atoms with E-state index in [1.54, 1.807) is 0 Å². The maximum absolute atomic E-state index is 10.7. The first kappa shape index (κ1) is 19.0. The first-order valence-corrected chi connectivity index (χ1v) is 9.70. The molecule has 0 fully saturated rings. The van der Waals surface area contributed by atoms with Gasteiger partial charge < -0.3 is 10.4 Å². The number of nitrogens with one attached hydrogen (secondary N) is 1. The number of aliphatic hydroxyl groups is 1. The summed E-state index contributed by atoms with van der Waals surface area (Å²) in [5, 5.41) is 15.0. The number of aliphatic hydroxyl groups excluding tert-OH is 1. The van der Waals surface area contributed by atoms with E-state index in [1.165, 1.54) is 5.56 Å². The van der Waals surface area contributed by atoms with Crippen LogP contribution in [0.3, 0.4) is 0 Å². The molecule has 0 bridgehead atoms. The van der Waals surface area contributed by atoms with Crippen LogP contribution in [0.1, 0.15) is 35.3 Å². The van der Waals surface area contributed by atoms with Gasteiger partial charge in [-0.2, -0.15) is 0 Å². The van der Waals surface area contributed by atoms with Crippen LogP contribution in [0.25, 0.3) is 0 Å². The highest BCUT2D eigenvalue weighted by Gasteiger charge is 2.18. The SMILES string of the molecule is Cc1cccc(NC(CC(O)c2ccc(Br)cc2)c2ccc(Cl)cc2)c1. The number of halogens is 2. The molecule has 2 N–H and O–H groups in total. The summed E-state index contributed by atoms with van der Waals surface area (Å²) in [6, 6.07) is 23.8. The van der Waals surface area contributed by atoms with Gasteiger partial charge in [0.25, 0.3) is 0 Å². The monoisotopic (exact) mass is 429 g/mol. The molecular weight excluding hydrogens is 410 g/mol. The molecule has 0 radical (unpaired) electrons. The van der Waals surface area contributed by atoms with Gasteiger partial charge >= 0.3 is 0 Å². The molecule has 134 valence electrons. The lowest BCUT2D eigenvalue weighted by Crippen LogP contribution is -2.15. The quantitative estimate of drug-likeness (QED) is 0.456. The van der Waals surface area contributed by atoms with E-state index >= 15 is 0 Å². The van der Waals surface area contributed by atoms with E-state index in [4.69, 9.17) is 11.6 Å². The Hall–Kier alpha value is -1.81. The van der Waals surface area contributed by atoms with Gasteiger partial charge in [0.2, 0.25) is 0 Å². The summed E-state index contributed by atoms with van der Waals surface area (Å²) >= 11 is 9.47. The third kappa shape index (κ3) is 5.10. The zero-order valence-electron chi connectivity index (χ0n) is 14.5. The van der Waals surface area contributed by atoms with Crippen LogP contribution in [-0.2, 0) is 0 Å². The summed E-state index contributed by atoms with van der Waals surface area (Å²) in [4.78, 5) is 0. The molecule has 0 amide bonds. The van der Waals surface area contributed by atoms with Crippen LogP contribution >= 0.6 is 27.5 Å². The summed E-state index contributed by atoms with van der Waals surface area (Å²) in [5.41, 5.74) is 4.22. The van der Waals surface area contributed by atoms with E-state index in [1.807, 2.05) is 60.7 Å². The Morgan fingerprint density at radius 2 is 1.62 bits per heavy atom. The van der Waals surface area contributed by atoms with Gasteiger partial charge in [-0.1, -0.05) is 63.9 Å². The molecule has 0 saturated carbocycles. The molecule has 2 nitrogen and oxygen atoms in total. The third-order valence-electron chi connectivity index (χ3n) is 4.35. The predicted octanol–water partition coefficient (Wildman–Crippen LogP) is 6.69. The fourth-order valence-corrected chi connectivity index (χ4v) is 3.34. The Morgan fingerprint density at radius 1 is 0.962 bits per heavy atom. The van der Waals surface area contributed by atoms with Gasteiger partial charge in [0.05, 0.1) is 12.1 Å². The van der Waals surface area contributed by atoms with Crippen molar-refractivity contribution in [3.63, 3.8) is 0 Å². The predicted molar refractivity (Wildman–Crippen MR) is 113 cm³/mol. The van der Waals surface area contributed by atoms with Crippen LogP contribution in [0.4, 0.5) is 5.69 Å². The Kier molecular flexibility index (Phi) is 6.36. The lowest BCUT2D eigenvalue weighted by molar-refractivity contribution is 0.160. The summed E-state index contributed by atoms with van der Waals surface area (Å²) < 4.78 is 1.00. The van der Waals surface area contributed by atoms with E-state index in [2.05, 4.69) is 40.3 Å². The Bertz CT molecular complexity index is 849. The van der Waals surface area contributed by atoms with E-state index in [0.717, 1.165) is 21.3 Å². The van der Waals surface area contributed by atoms with Crippen molar-refractivity contribution in [1.29, 1.82) is 0 Å². The highest BCUT2D eigenvalue weighted by Crippen LogP contribution is 2.31. The van der Waals surface area contributed by atoms with Crippen molar-refractivity contribution in [1.82, 2.24) is 0 Å². The van der Waals surface area contributed by atoms with Crippen LogP contribution < -0.4 is 5.32 Å². The van der Waals surface area contributed by atoms with Gasteiger partial charge in [-0.3, -0.25) is 0 Å². The number of rotatable bonds is 6. The van der Waals surface area contributed by atoms with Crippen molar-refractivity contribution < 1.29 is 5.11 Å². The number of hydrogen-bond donors (Lipinski definition) is 2. The van der Waals surface area contributed by atoms with E-state index < -0.39 is 6.10 Å². The number of aryl methyl sites for hydroxylation is 1. The van der Waals surface area contributed by atoms with Crippen molar-refractivity contribution >= 4 is 33.2 Å². The molecule has 3 aromatic rings. The van der Waals surface area contributed by atoms with Crippen molar-refractivity contribution in [2.75, 3.05) is 5.32 Å². The Balaban J connectivity index is 1.84. The minimum Gasteiger partial charge on any atom is -0.388 e. The number of hydrogen-bond acceptors (Lipinski definition) is 2. The molecule has 0 saturated heterocycles. The van der Waals surface area contributed by atoms with Gasteiger partial charge in [0, 0.05) is 21.6 Å². The zero-order valence-corrected chi connectivity index (χ0v) is 16.8. The van der Waals surface area contributed by atoms with E-state index in [9.17, 15) is 5.11 Å². The highest BCUT2D eigenvalue weighted by atomic mass is 79.9. The molecular formula is C22H21BrClNO. The Labute approximate surface area is 168 Å². The molecule has 0 aliphatic carbocycles. The molecule has 4 heteroatoms. The maximum Gasteiger partial charge on any atom is 0.0813 e. The molecule has 0 heterocycles. The smallest absolute Gasteiger partial charge is 0.0813 e. The maximum atomic E-state index is 10.7. The topological polar surface area (TPSA) is 32.3 Å². The van der Waals surface area contributed by atoms with Crippen LogP contribution in [0.5, 0.6) is 0 Å². The highest BCUT2D eigenvalue weighted by molar-refractivity contribution is 9.10. The summed E-state index contributed by atoms with van der Waals surface area (Å²) in [5.74, 6) is 0. The minimum atomic E-state index is -0.568. The fourth-order valence-electron chi connectivity index (χ4n) is 2.95. The standard InChI is InChI=1S/C22H21BrClNO/c1-15-3-2-4-20(13-15)25-21(16-7-11-19(24)12-8-16)14-22(26)17-5-9-18(23)10-6-17/h2-13,21-22,25-26H,14H2,1H3. The summed E-state index contributed by atoms with van der Waals surface area (Å²) in [6.07, 6.45) is -0.0157. The van der Waals surface area contributed by atoms with Crippen LogP contribution in [0.15, 0.2) is 77.3 Å². The van der Waals surface area contributed by atoms with Crippen LogP contribution in [0.2, 0.25) is 5.02 Å². The van der Waals surface area contributed by atoms with Crippen molar-refractivity contribution in [3.05, 3.63) is 99.0 Å². The normalized spacial score (nSPS) is 13.2. The van der Waals surface area contributed by atoms with Gasteiger partial charge in [0.1, 0.15) is 0 Å². The lowest BCUT2D eigenvalue weighted by Gasteiger charge is -2.24. The molecule has 3 rings (SSSR count). The van der Waals surface area contributed by atoms with E-state index in [-0.39, 0.29) is 6.04 Å². The molecule has 2 atom stereocenters. The first-order chi connectivity index (χ1) is 12.5. The minimum absolute atomic E-state index is 0.0345. The fraction of sp³-hybridized carbons (Fsp3) is 0.182. The molecule has 26 heavy (non-hydrogen) atoms. The molecule has 3 aromatic carbocycles. The van der Waals surface area contributed by atoms with Crippen molar-refractivity contribution in [2.24, 2.45) is 0 Å². The second-order valence-corrected chi connectivity index (χ2v) is 7.77.